The fourth-order valence-corrected chi connectivity index (χ4v) is 2.49. The number of hydrogen-bond acceptors (Lipinski definition) is 4. The topological polar surface area (TPSA) is 56.2 Å². The second kappa shape index (κ2) is 10.1. The minimum Gasteiger partial charge on any atom is -0.464 e. The molecule has 0 radical (unpaired) electrons. The van der Waals surface area contributed by atoms with Gasteiger partial charge >= 0.3 is 5.97 Å². The summed E-state index contributed by atoms with van der Waals surface area (Å²) in [5.41, 5.74) is 1.82. The predicted octanol–water partition coefficient (Wildman–Crippen LogP) is 4.76. The average molecular weight is 364 g/mol. The first-order valence-corrected chi connectivity index (χ1v) is 9.25. The van der Waals surface area contributed by atoms with Gasteiger partial charge in [-0.1, -0.05) is 50.4 Å². The van der Waals surface area contributed by atoms with Crippen molar-refractivity contribution in [3.63, 3.8) is 0 Å². The van der Waals surface area contributed by atoms with E-state index < -0.39 is 0 Å². The highest BCUT2D eigenvalue weighted by Crippen LogP contribution is 2.24. The highest BCUT2D eigenvalue weighted by Gasteiger charge is 2.14. The third-order valence-corrected chi connectivity index (χ3v) is 4.05. The van der Waals surface area contributed by atoms with Crippen LogP contribution in [0.25, 0.3) is 11.3 Å². The number of carbonyl (C=O) groups excluding carboxylic acids is 1. The van der Waals surface area contributed by atoms with Gasteiger partial charge in [0, 0.05) is 17.6 Å². The minimum atomic E-state index is -0.271. The van der Waals surface area contributed by atoms with Gasteiger partial charge in [-0.15, -0.1) is 0 Å². The Morgan fingerprint density at radius 1 is 1.20 bits per heavy atom. The monoisotopic (exact) mass is 363 g/mol. The van der Waals surface area contributed by atoms with E-state index in [1.165, 1.54) is 0 Å². The minimum absolute atomic E-state index is 0.0944. The van der Waals surface area contributed by atoms with Crippen molar-refractivity contribution in [3.05, 3.63) is 35.4 Å². The number of anilines is 1. The molecule has 0 fully saturated rings. The van der Waals surface area contributed by atoms with Gasteiger partial charge in [0.2, 0.25) is 0 Å². The van der Waals surface area contributed by atoms with Gasteiger partial charge in [-0.05, 0) is 30.5 Å². The van der Waals surface area contributed by atoms with Crippen molar-refractivity contribution in [1.29, 1.82) is 0 Å². The van der Waals surface area contributed by atoms with Crippen molar-refractivity contribution in [1.82, 2.24) is 9.78 Å². The van der Waals surface area contributed by atoms with E-state index in [4.69, 9.17) is 16.3 Å². The molecule has 0 atom stereocenters. The maximum atomic E-state index is 12.1. The standard InChI is InChI=1S/C19H26ClN3O2/c1-3-5-11-21-18-13-17(15-7-9-16(20)10-8-15)23(22-18)14-19(24)25-12-6-4-2/h7-10,13H,3-6,11-12,14H2,1-2H3,(H,21,22). The lowest BCUT2D eigenvalue weighted by Crippen LogP contribution is -2.16. The van der Waals surface area contributed by atoms with E-state index in [0.29, 0.717) is 11.6 Å². The van der Waals surface area contributed by atoms with Crippen LogP contribution < -0.4 is 5.32 Å². The van der Waals surface area contributed by atoms with Crippen LogP contribution in [0.15, 0.2) is 30.3 Å². The average Bonchev–Trinajstić information content (AvgIpc) is 2.98. The summed E-state index contributed by atoms with van der Waals surface area (Å²) in [4.78, 5) is 12.1. The maximum absolute atomic E-state index is 12.1. The number of benzene rings is 1. The Kier molecular flexibility index (Phi) is 7.79. The maximum Gasteiger partial charge on any atom is 0.327 e. The van der Waals surface area contributed by atoms with Crippen LogP contribution in [-0.4, -0.2) is 28.9 Å². The second-order valence-corrected chi connectivity index (χ2v) is 6.37. The lowest BCUT2D eigenvalue weighted by Gasteiger charge is -2.08. The Bertz CT molecular complexity index is 668. The first-order valence-electron chi connectivity index (χ1n) is 8.87. The molecule has 5 nitrogen and oxygen atoms in total. The molecule has 6 heteroatoms. The van der Waals surface area contributed by atoms with Crippen LogP contribution in [0, 0.1) is 0 Å². The fraction of sp³-hybridized carbons (Fsp3) is 0.474. The summed E-state index contributed by atoms with van der Waals surface area (Å²) in [5.74, 6) is 0.492. The Morgan fingerprint density at radius 3 is 2.60 bits per heavy atom. The number of halogens is 1. The number of rotatable bonds is 10. The molecule has 0 unspecified atom stereocenters. The number of hydrogen-bond donors (Lipinski definition) is 1. The molecule has 1 heterocycles. The van der Waals surface area contributed by atoms with Crippen molar-refractivity contribution in [2.75, 3.05) is 18.5 Å². The quantitative estimate of drug-likeness (QED) is 0.488. The predicted molar refractivity (Wildman–Crippen MR) is 102 cm³/mol. The SMILES string of the molecule is CCCCNc1cc(-c2ccc(Cl)cc2)n(CC(=O)OCCCC)n1. The van der Waals surface area contributed by atoms with E-state index in [-0.39, 0.29) is 12.5 Å². The summed E-state index contributed by atoms with van der Waals surface area (Å²) < 4.78 is 6.95. The van der Waals surface area contributed by atoms with Crippen LogP contribution in [0.1, 0.15) is 39.5 Å². The van der Waals surface area contributed by atoms with Gasteiger partial charge in [0.05, 0.1) is 12.3 Å². The summed E-state index contributed by atoms with van der Waals surface area (Å²) in [6.07, 6.45) is 4.05. The van der Waals surface area contributed by atoms with Crippen molar-refractivity contribution in [3.8, 4) is 11.3 Å². The van der Waals surface area contributed by atoms with Gasteiger partial charge < -0.3 is 10.1 Å². The number of carbonyl (C=O) groups is 1. The van der Waals surface area contributed by atoms with E-state index in [1.54, 1.807) is 4.68 Å². The zero-order valence-corrected chi connectivity index (χ0v) is 15.7. The Morgan fingerprint density at radius 2 is 1.92 bits per heavy atom. The zero-order valence-electron chi connectivity index (χ0n) is 14.9. The summed E-state index contributed by atoms with van der Waals surface area (Å²) in [6, 6.07) is 9.47. The molecular weight excluding hydrogens is 338 g/mol. The van der Waals surface area contributed by atoms with Gasteiger partial charge in [0.1, 0.15) is 12.4 Å². The van der Waals surface area contributed by atoms with Gasteiger partial charge in [-0.3, -0.25) is 9.48 Å². The number of unbranched alkanes of at least 4 members (excludes halogenated alkanes) is 2. The number of aromatic nitrogens is 2. The molecule has 1 N–H and O–H groups in total. The third-order valence-electron chi connectivity index (χ3n) is 3.80. The Labute approximate surface area is 154 Å². The molecule has 0 spiro atoms. The third kappa shape index (κ3) is 6.09. The molecular formula is C19H26ClN3O2. The van der Waals surface area contributed by atoms with Gasteiger partial charge in [0.15, 0.2) is 0 Å². The zero-order chi connectivity index (χ0) is 18.1. The number of ether oxygens (including phenoxy) is 1. The number of nitrogens with one attached hydrogen (secondary N) is 1. The molecule has 0 saturated carbocycles. The fourth-order valence-electron chi connectivity index (χ4n) is 2.37. The molecule has 2 aromatic rings. The normalized spacial score (nSPS) is 10.7. The number of nitrogens with zero attached hydrogens (tertiary/aromatic N) is 2. The molecule has 136 valence electrons. The molecule has 0 aliphatic carbocycles. The van der Waals surface area contributed by atoms with Crippen LogP contribution >= 0.6 is 11.6 Å². The molecule has 0 amide bonds. The molecule has 0 saturated heterocycles. The first-order chi connectivity index (χ1) is 12.1. The van der Waals surface area contributed by atoms with E-state index in [1.807, 2.05) is 30.3 Å². The van der Waals surface area contributed by atoms with Gasteiger partial charge in [0.25, 0.3) is 0 Å². The summed E-state index contributed by atoms with van der Waals surface area (Å²) in [7, 11) is 0. The summed E-state index contributed by atoms with van der Waals surface area (Å²) >= 11 is 5.97. The molecule has 25 heavy (non-hydrogen) atoms. The van der Waals surface area contributed by atoms with Crippen molar-refractivity contribution >= 4 is 23.4 Å². The number of esters is 1. The smallest absolute Gasteiger partial charge is 0.327 e. The van der Waals surface area contributed by atoms with Crippen molar-refractivity contribution < 1.29 is 9.53 Å². The first kappa shape index (κ1) is 19.3. The van der Waals surface area contributed by atoms with Crippen LogP contribution in [0.3, 0.4) is 0 Å². The van der Waals surface area contributed by atoms with Crippen LogP contribution in [0.2, 0.25) is 5.02 Å². The van der Waals surface area contributed by atoms with E-state index in [0.717, 1.165) is 49.3 Å². The van der Waals surface area contributed by atoms with Gasteiger partial charge in [-0.25, -0.2) is 0 Å². The van der Waals surface area contributed by atoms with Gasteiger partial charge in [-0.2, -0.15) is 5.10 Å². The van der Waals surface area contributed by atoms with Crippen LogP contribution in [0.5, 0.6) is 0 Å². The molecule has 0 aliphatic heterocycles. The van der Waals surface area contributed by atoms with Crippen LogP contribution in [-0.2, 0) is 16.1 Å². The largest absolute Gasteiger partial charge is 0.464 e. The Balaban J connectivity index is 2.16. The van der Waals surface area contributed by atoms with E-state index in [9.17, 15) is 4.79 Å². The molecule has 1 aromatic heterocycles. The highest BCUT2D eigenvalue weighted by molar-refractivity contribution is 6.30. The summed E-state index contributed by atoms with van der Waals surface area (Å²) in [5, 5.41) is 8.50. The molecule has 0 aliphatic rings. The van der Waals surface area contributed by atoms with Crippen molar-refractivity contribution in [2.24, 2.45) is 0 Å². The van der Waals surface area contributed by atoms with Crippen LogP contribution in [0.4, 0.5) is 5.82 Å². The highest BCUT2D eigenvalue weighted by atomic mass is 35.5. The second-order valence-electron chi connectivity index (χ2n) is 5.93. The Hall–Kier alpha value is -2.01. The van der Waals surface area contributed by atoms with E-state index >= 15 is 0 Å². The van der Waals surface area contributed by atoms with Crippen molar-refractivity contribution in [2.45, 2.75) is 46.1 Å². The lowest BCUT2D eigenvalue weighted by atomic mass is 10.1. The molecule has 2 rings (SSSR count). The summed E-state index contributed by atoms with van der Waals surface area (Å²) in [6.45, 7) is 5.61. The lowest BCUT2D eigenvalue weighted by molar-refractivity contribution is -0.144. The molecule has 1 aromatic carbocycles. The molecule has 0 bridgehead atoms. The van der Waals surface area contributed by atoms with E-state index in [2.05, 4.69) is 24.3 Å².